The highest BCUT2D eigenvalue weighted by Crippen LogP contribution is 2.17. The first-order valence-electron chi connectivity index (χ1n) is 6.89. The fraction of sp³-hybridized carbons (Fsp3) is 0.600. The Labute approximate surface area is 124 Å². The molecule has 0 saturated heterocycles. The lowest BCUT2D eigenvalue weighted by Gasteiger charge is -2.19. The van der Waals surface area contributed by atoms with E-state index in [1.54, 1.807) is 0 Å². The molecule has 0 aliphatic heterocycles. The molecule has 1 aromatic carbocycles. The Bertz CT molecular complexity index is 354. The molecule has 4 heteroatoms. The molecule has 0 heterocycles. The molecule has 0 aromatic heterocycles. The van der Waals surface area contributed by atoms with E-state index in [4.69, 9.17) is 9.47 Å². The van der Waals surface area contributed by atoms with E-state index in [0.29, 0.717) is 19.3 Å². The summed E-state index contributed by atoms with van der Waals surface area (Å²) in [5.41, 5.74) is 1.28. The molecule has 0 bridgehead atoms. The highest BCUT2D eigenvalue weighted by Gasteiger charge is 2.09. The van der Waals surface area contributed by atoms with Crippen LogP contribution in [0.3, 0.4) is 0 Å². The topological polar surface area (TPSA) is 30.5 Å². The zero-order chi connectivity index (χ0) is 14.1. The van der Waals surface area contributed by atoms with Crippen molar-refractivity contribution in [2.24, 2.45) is 0 Å². The third-order valence-electron chi connectivity index (χ3n) is 2.88. The van der Waals surface area contributed by atoms with Gasteiger partial charge in [0.15, 0.2) is 6.29 Å². The summed E-state index contributed by atoms with van der Waals surface area (Å²) in [6.07, 6.45) is 0.761. The normalized spacial score (nSPS) is 12.9. The lowest BCUT2D eigenvalue weighted by molar-refractivity contribution is -0.138. The first-order chi connectivity index (χ1) is 9.17. The molecule has 0 aliphatic rings. The minimum Gasteiger partial charge on any atom is -0.353 e. The Morgan fingerprint density at radius 1 is 1.21 bits per heavy atom. The smallest absolute Gasteiger partial charge is 0.158 e. The summed E-state index contributed by atoms with van der Waals surface area (Å²) >= 11 is 3.50. The number of ether oxygens (including phenoxy) is 2. The van der Waals surface area contributed by atoms with Crippen molar-refractivity contribution >= 4 is 15.9 Å². The maximum absolute atomic E-state index is 5.52. The summed E-state index contributed by atoms with van der Waals surface area (Å²) in [5, 5.41) is 3.49. The van der Waals surface area contributed by atoms with Gasteiger partial charge in [-0.25, -0.2) is 0 Å². The third-order valence-corrected chi connectivity index (χ3v) is 3.38. The van der Waals surface area contributed by atoms with Gasteiger partial charge in [0.2, 0.25) is 0 Å². The first-order valence-corrected chi connectivity index (χ1v) is 7.68. The van der Waals surface area contributed by atoms with E-state index in [2.05, 4.69) is 46.4 Å². The maximum atomic E-state index is 5.52. The van der Waals surface area contributed by atoms with E-state index < -0.39 is 0 Å². The molecular formula is C15H24BrNO2. The first kappa shape index (κ1) is 16.6. The maximum Gasteiger partial charge on any atom is 0.158 e. The monoisotopic (exact) mass is 329 g/mol. The predicted octanol–water partition coefficient (Wildman–Crippen LogP) is 3.89. The van der Waals surface area contributed by atoms with Gasteiger partial charge in [0.1, 0.15) is 0 Å². The second kappa shape index (κ2) is 9.48. The van der Waals surface area contributed by atoms with E-state index in [0.717, 1.165) is 17.4 Å². The largest absolute Gasteiger partial charge is 0.353 e. The van der Waals surface area contributed by atoms with E-state index in [-0.39, 0.29) is 6.29 Å². The highest BCUT2D eigenvalue weighted by molar-refractivity contribution is 9.10. The quantitative estimate of drug-likeness (QED) is 0.697. The molecule has 0 spiro atoms. The highest BCUT2D eigenvalue weighted by atomic mass is 79.9. The lowest BCUT2D eigenvalue weighted by Crippen LogP contribution is -2.26. The van der Waals surface area contributed by atoms with Crippen molar-refractivity contribution in [2.45, 2.75) is 39.5 Å². The van der Waals surface area contributed by atoms with Crippen LogP contribution in [0.4, 0.5) is 0 Å². The van der Waals surface area contributed by atoms with Gasteiger partial charge in [-0.15, -0.1) is 0 Å². The zero-order valence-corrected chi connectivity index (χ0v) is 13.6. The number of nitrogens with one attached hydrogen (secondary N) is 1. The Kier molecular flexibility index (Phi) is 8.30. The van der Waals surface area contributed by atoms with Gasteiger partial charge in [0.25, 0.3) is 0 Å². The summed E-state index contributed by atoms with van der Waals surface area (Å²) in [6, 6.07) is 8.68. The molecule has 3 nitrogen and oxygen atoms in total. The number of hydrogen-bond donors (Lipinski definition) is 1. The fourth-order valence-electron chi connectivity index (χ4n) is 1.90. The molecule has 1 aromatic rings. The van der Waals surface area contributed by atoms with Crippen molar-refractivity contribution in [3.63, 3.8) is 0 Å². The van der Waals surface area contributed by atoms with Crippen LogP contribution in [0.15, 0.2) is 28.7 Å². The minimum absolute atomic E-state index is 0.0998. The molecule has 19 heavy (non-hydrogen) atoms. The molecular weight excluding hydrogens is 306 g/mol. The van der Waals surface area contributed by atoms with Crippen LogP contribution < -0.4 is 5.32 Å². The summed E-state index contributed by atoms with van der Waals surface area (Å²) in [5.74, 6) is 0. The van der Waals surface area contributed by atoms with Gasteiger partial charge < -0.3 is 14.8 Å². The van der Waals surface area contributed by atoms with Crippen LogP contribution in [0.25, 0.3) is 0 Å². The molecule has 0 amide bonds. The van der Waals surface area contributed by atoms with E-state index >= 15 is 0 Å². The van der Waals surface area contributed by atoms with Gasteiger partial charge >= 0.3 is 0 Å². The van der Waals surface area contributed by atoms with Gasteiger partial charge in [-0.05, 0) is 38.5 Å². The Hall–Kier alpha value is -0.420. The van der Waals surface area contributed by atoms with Crippen molar-refractivity contribution in [2.75, 3.05) is 19.8 Å². The zero-order valence-electron chi connectivity index (χ0n) is 12.0. The van der Waals surface area contributed by atoms with Crippen LogP contribution in [0, 0.1) is 0 Å². The van der Waals surface area contributed by atoms with Crippen LogP contribution >= 0.6 is 15.9 Å². The molecule has 0 radical (unpaired) electrons. The van der Waals surface area contributed by atoms with Crippen molar-refractivity contribution in [3.05, 3.63) is 34.3 Å². The van der Waals surface area contributed by atoms with Crippen LogP contribution in [0.2, 0.25) is 0 Å². The second-order valence-corrected chi connectivity index (χ2v) is 5.28. The van der Waals surface area contributed by atoms with Gasteiger partial charge in [-0.1, -0.05) is 28.1 Å². The van der Waals surface area contributed by atoms with Gasteiger partial charge in [-0.2, -0.15) is 0 Å². The number of benzene rings is 1. The van der Waals surface area contributed by atoms with Crippen LogP contribution in [0.5, 0.6) is 0 Å². The Morgan fingerprint density at radius 3 is 2.47 bits per heavy atom. The molecule has 0 saturated carbocycles. The molecule has 0 unspecified atom stereocenters. The standard InChI is InChI=1S/C15H24BrNO2/c1-4-18-15(19-5-2)9-10-17-12(3)13-7-6-8-14(16)11-13/h6-8,11-12,15,17H,4-5,9-10H2,1-3H3/t12-/m0/s1. The van der Waals surface area contributed by atoms with Crippen molar-refractivity contribution in [3.8, 4) is 0 Å². The SMILES string of the molecule is CCOC(CCN[C@@H](C)c1cccc(Br)c1)OCC. The van der Waals surface area contributed by atoms with Gasteiger partial charge in [-0.3, -0.25) is 0 Å². The van der Waals surface area contributed by atoms with Gasteiger partial charge in [0, 0.05) is 36.7 Å². The van der Waals surface area contributed by atoms with E-state index in [1.807, 2.05) is 19.9 Å². The minimum atomic E-state index is -0.0998. The Balaban J connectivity index is 2.35. The average molecular weight is 330 g/mol. The van der Waals surface area contributed by atoms with Crippen LogP contribution in [-0.4, -0.2) is 26.0 Å². The fourth-order valence-corrected chi connectivity index (χ4v) is 2.31. The van der Waals surface area contributed by atoms with Crippen molar-refractivity contribution in [1.82, 2.24) is 5.32 Å². The number of rotatable bonds is 9. The van der Waals surface area contributed by atoms with Crippen molar-refractivity contribution in [1.29, 1.82) is 0 Å². The molecule has 1 N–H and O–H groups in total. The van der Waals surface area contributed by atoms with E-state index in [9.17, 15) is 0 Å². The second-order valence-electron chi connectivity index (χ2n) is 4.36. The summed E-state index contributed by atoms with van der Waals surface area (Å²) in [4.78, 5) is 0. The molecule has 1 atom stereocenters. The summed E-state index contributed by atoms with van der Waals surface area (Å²) in [7, 11) is 0. The van der Waals surface area contributed by atoms with Gasteiger partial charge in [0.05, 0.1) is 0 Å². The number of hydrogen-bond acceptors (Lipinski definition) is 3. The van der Waals surface area contributed by atoms with Crippen LogP contribution in [-0.2, 0) is 9.47 Å². The molecule has 1 rings (SSSR count). The molecule has 0 fully saturated rings. The van der Waals surface area contributed by atoms with E-state index in [1.165, 1.54) is 5.56 Å². The van der Waals surface area contributed by atoms with Crippen molar-refractivity contribution < 1.29 is 9.47 Å². The molecule has 0 aliphatic carbocycles. The average Bonchev–Trinajstić information content (AvgIpc) is 2.39. The summed E-state index contributed by atoms with van der Waals surface area (Å²) in [6.45, 7) is 8.39. The summed E-state index contributed by atoms with van der Waals surface area (Å²) < 4.78 is 12.1. The van der Waals surface area contributed by atoms with Crippen LogP contribution in [0.1, 0.15) is 38.8 Å². The predicted molar refractivity (Wildman–Crippen MR) is 82.2 cm³/mol. The molecule has 108 valence electrons. The lowest BCUT2D eigenvalue weighted by atomic mass is 10.1. The third kappa shape index (κ3) is 6.52. The number of halogens is 1. The Morgan fingerprint density at radius 2 is 1.89 bits per heavy atom.